The van der Waals surface area contributed by atoms with Crippen LogP contribution in [0.2, 0.25) is 0 Å². The van der Waals surface area contributed by atoms with Gasteiger partial charge in [-0.3, -0.25) is 14.4 Å². The highest BCUT2D eigenvalue weighted by Gasteiger charge is 2.55. The van der Waals surface area contributed by atoms with E-state index in [9.17, 15) is 70.6 Å². The lowest BCUT2D eigenvalue weighted by Crippen LogP contribution is -2.70. The predicted molar refractivity (Wildman–Crippen MR) is 169 cm³/mol. The Hall–Kier alpha value is -2.31. The first kappa shape index (κ1) is 44.4. The first-order chi connectivity index (χ1) is 25.5. The number of carbonyl (C=O) groups excluding carboxylic acids is 3. The summed E-state index contributed by atoms with van der Waals surface area (Å²) in [6.45, 7) is -0.171. The molecule has 3 amide bonds. The number of aliphatic hydroxyl groups excluding tert-OH is 11. The molecular weight excluding hydrogens is 738 g/mol. The van der Waals surface area contributed by atoms with Crippen LogP contribution >= 0.6 is 0 Å². The molecule has 0 bridgehead atoms. The lowest BCUT2D eigenvalue weighted by molar-refractivity contribution is -0.373. The molecule has 0 aliphatic carbocycles. The number of nitrogens with one attached hydrogen (secondary N) is 3. The first-order valence-corrected chi connectivity index (χ1v) is 17.1. The number of ether oxygens (including phenoxy) is 7. The Morgan fingerprint density at radius 1 is 0.444 bits per heavy atom. The Balaban J connectivity index is 1.53. The maximum atomic E-state index is 12.2. The van der Waals surface area contributed by atoms with E-state index in [0.29, 0.717) is 0 Å². The van der Waals surface area contributed by atoms with Crippen LogP contribution in [-0.4, -0.2) is 223 Å². The second-order valence-electron chi connectivity index (χ2n) is 13.3. The minimum absolute atomic E-state index is 0.660. The monoisotopic (exact) mass is 789 g/mol. The van der Waals surface area contributed by atoms with Crippen LogP contribution in [0, 0.1) is 0 Å². The standard InChI is InChI=1S/C30H51N3O21/c1-8(38)31-15-20(43)24(12(5-35)48-27(15)47)52-29-17(33-10(3)40)21(44)25(13(6-36)50-29)54-30-23(46)22(45)26(14(7-37)51-30)53-28-16(32-9(2)39)19(42)18(41)11(4-34)49-28/h11-30,34-37,41-47H,4-7H2,1-3H3,(H,31,38)(H,32,39)(H,33,40)/t11-,12-,13-,14-,15-,16-,17-,18-,19-,20-,21-,22-,23+,24-,25-,26-,27-,28+,29+,30+/m1/s1. The van der Waals surface area contributed by atoms with E-state index >= 15 is 0 Å². The number of amides is 3. The molecule has 0 aromatic rings. The van der Waals surface area contributed by atoms with E-state index in [4.69, 9.17) is 33.2 Å². The van der Waals surface area contributed by atoms with Crippen molar-refractivity contribution in [2.45, 2.75) is 143 Å². The maximum Gasteiger partial charge on any atom is 0.217 e. The first-order valence-electron chi connectivity index (χ1n) is 17.1. The molecule has 54 heavy (non-hydrogen) atoms. The predicted octanol–water partition coefficient (Wildman–Crippen LogP) is -9.32. The molecule has 14 N–H and O–H groups in total. The van der Waals surface area contributed by atoms with Gasteiger partial charge in [0.1, 0.15) is 97.5 Å². The van der Waals surface area contributed by atoms with Crippen LogP contribution < -0.4 is 16.0 Å². The van der Waals surface area contributed by atoms with E-state index < -0.39 is 167 Å². The van der Waals surface area contributed by atoms with Crippen molar-refractivity contribution in [3.05, 3.63) is 0 Å². The Labute approximate surface area is 307 Å². The van der Waals surface area contributed by atoms with E-state index in [1.165, 1.54) is 0 Å². The average molecular weight is 790 g/mol. The van der Waals surface area contributed by atoms with Gasteiger partial charge in [-0.2, -0.15) is 0 Å². The second-order valence-corrected chi connectivity index (χ2v) is 13.3. The number of carbonyl (C=O) groups is 3. The molecule has 0 aromatic heterocycles. The maximum absolute atomic E-state index is 12.2. The van der Waals surface area contributed by atoms with Gasteiger partial charge in [-0.1, -0.05) is 0 Å². The highest BCUT2D eigenvalue weighted by molar-refractivity contribution is 5.74. The van der Waals surface area contributed by atoms with Crippen molar-refractivity contribution in [2.24, 2.45) is 0 Å². The van der Waals surface area contributed by atoms with Gasteiger partial charge < -0.3 is 105 Å². The minimum atomic E-state index is -2.05. The van der Waals surface area contributed by atoms with Gasteiger partial charge in [-0.25, -0.2) is 0 Å². The van der Waals surface area contributed by atoms with Gasteiger partial charge >= 0.3 is 0 Å². The molecule has 4 rings (SSSR count). The summed E-state index contributed by atoms with van der Waals surface area (Å²) in [7, 11) is 0. The van der Waals surface area contributed by atoms with Gasteiger partial charge in [-0.15, -0.1) is 0 Å². The van der Waals surface area contributed by atoms with Crippen molar-refractivity contribution in [1.82, 2.24) is 16.0 Å². The Kier molecular flexibility index (Phi) is 15.8. The van der Waals surface area contributed by atoms with Gasteiger partial charge in [0, 0.05) is 20.8 Å². The molecular formula is C30H51N3O21. The lowest BCUT2D eigenvalue weighted by Gasteiger charge is -2.50. The molecule has 24 nitrogen and oxygen atoms in total. The molecule has 4 fully saturated rings. The van der Waals surface area contributed by atoms with Crippen molar-refractivity contribution < 1.29 is 104 Å². The zero-order valence-electron chi connectivity index (χ0n) is 29.4. The van der Waals surface area contributed by atoms with E-state index in [1.807, 2.05) is 0 Å². The summed E-state index contributed by atoms with van der Waals surface area (Å²) in [6.07, 6.45) is -29.1. The summed E-state index contributed by atoms with van der Waals surface area (Å²) in [4.78, 5) is 35.8. The van der Waals surface area contributed by atoms with Crippen LogP contribution in [0.3, 0.4) is 0 Å². The van der Waals surface area contributed by atoms with E-state index in [0.717, 1.165) is 20.8 Å². The summed E-state index contributed by atoms with van der Waals surface area (Å²) < 4.78 is 39.7. The molecule has 312 valence electrons. The van der Waals surface area contributed by atoms with Crippen LogP contribution in [0.25, 0.3) is 0 Å². The third-order valence-corrected chi connectivity index (χ3v) is 9.41. The molecule has 0 unspecified atom stereocenters. The largest absolute Gasteiger partial charge is 0.394 e. The van der Waals surface area contributed by atoms with Crippen LogP contribution in [0.1, 0.15) is 20.8 Å². The van der Waals surface area contributed by atoms with Crippen molar-refractivity contribution >= 4 is 17.7 Å². The normalized spacial score (nSPS) is 45.7. The summed E-state index contributed by atoms with van der Waals surface area (Å²) in [5.41, 5.74) is 0. The average Bonchev–Trinajstić information content (AvgIpc) is 3.12. The molecule has 4 heterocycles. The third kappa shape index (κ3) is 9.79. The third-order valence-electron chi connectivity index (χ3n) is 9.41. The topological polar surface area (TPSA) is 374 Å². The van der Waals surface area contributed by atoms with Crippen LogP contribution in [0.4, 0.5) is 0 Å². The number of hydrogen-bond acceptors (Lipinski definition) is 21. The SMILES string of the molecule is CC(=O)N[C@@H]1[C@@H](O)[C@H](O[C@@H]2O[C@H](CO)[C@@H](O[C@@H]3O[C@H](CO)[C@@H](O[C@@H]4O[C@H](CO)[C@@H](O)[C@H](O)[C@H]4NC(C)=O)[C@H](O)[C@@H]3O)[C@H](O)[C@H]2NC(C)=O)[C@@H](CO)O[C@H]1O. The quantitative estimate of drug-likeness (QED) is 0.0823. The molecule has 4 aliphatic rings. The fourth-order valence-corrected chi connectivity index (χ4v) is 6.76. The number of rotatable bonds is 13. The van der Waals surface area contributed by atoms with Crippen LogP contribution in [-0.2, 0) is 47.5 Å². The number of hydrogen-bond donors (Lipinski definition) is 14. The Bertz CT molecular complexity index is 1250. The highest BCUT2D eigenvalue weighted by Crippen LogP contribution is 2.34. The summed E-state index contributed by atoms with van der Waals surface area (Å²) >= 11 is 0. The zero-order valence-corrected chi connectivity index (χ0v) is 29.4. The Morgan fingerprint density at radius 3 is 1.26 bits per heavy atom. The van der Waals surface area contributed by atoms with Crippen LogP contribution in [0.5, 0.6) is 0 Å². The fourth-order valence-electron chi connectivity index (χ4n) is 6.76. The molecule has 4 aliphatic heterocycles. The zero-order chi connectivity index (χ0) is 40.2. The van der Waals surface area contributed by atoms with E-state index in [-0.39, 0.29) is 0 Å². The minimum Gasteiger partial charge on any atom is -0.394 e. The van der Waals surface area contributed by atoms with Gasteiger partial charge in [0.2, 0.25) is 17.7 Å². The highest BCUT2D eigenvalue weighted by atomic mass is 16.8. The number of aliphatic hydroxyl groups is 11. The molecule has 0 saturated carbocycles. The van der Waals surface area contributed by atoms with E-state index in [2.05, 4.69) is 16.0 Å². The van der Waals surface area contributed by atoms with Crippen molar-refractivity contribution in [3.8, 4) is 0 Å². The molecule has 24 heteroatoms. The van der Waals surface area contributed by atoms with Crippen molar-refractivity contribution in [3.63, 3.8) is 0 Å². The molecule has 4 saturated heterocycles. The summed E-state index contributed by atoms with van der Waals surface area (Å²) in [6, 6.07) is -4.50. The molecule has 0 radical (unpaired) electrons. The molecule has 0 spiro atoms. The van der Waals surface area contributed by atoms with Gasteiger partial charge in [0.15, 0.2) is 25.2 Å². The van der Waals surface area contributed by atoms with Gasteiger partial charge in [0.05, 0.1) is 26.4 Å². The van der Waals surface area contributed by atoms with Gasteiger partial charge in [-0.05, 0) is 0 Å². The van der Waals surface area contributed by atoms with Crippen molar-refractivity contribution in [1.29, 1.82) is 0 Å². The van der Waals surface area contributed by atoms with Crippen LogP contribution in [0.15, 0.2) is 0 Å². The smallest absolute Gasteiger partial charge is 0.217 e. The lowest BCUT2D eigenvalue weighted by atomic mass is 9.94. The van der Waals surface area contributed by atoms with E-state index in [1.54, 1.807) is 0 Å². The van der Waals surface area contributed by atoms with Gasteiger partial charge in [0.25, 0.3) is 0 Å². The fraction of sp³-hybridized carbons (Fsp3) is 0.900. The Morgan fingerprint density at radius 2 is 0.796 bits per heavy atom. The molecule has 0 aromatic carbocycles. The van der Waals surface area contributed by atoms with Crippen molar-refractivity contribution in [2.75, 3.05) is 26.4 Å². The summed E-state index contributed by atoms with van der Waals surface area (Å²) in [5, 5.41) is 123. The molecule has 20 atom stereocenters. The summed E-state index contributed by atoms with van der Waals surface area (Å²) in [5.74, 6) is -2.08. The second kappa shape index (κ2) is 19.2.